The minimum absolute atomic E-state index is 0.981. The third-order valence-electron chi connectivity index (χ3n) is 2.00. The molecule has 0 nitrogen and oxygen atoms in total. The lowest BCUT2D eigenvalue weighted by Crippen LogP contribution is -2.00. The lowest BCUT2D eigenvalue weighted by atomic mass is 9.99. The number of hydrogen-bond acceptors (Lipinski definition) is 0. The summed E-state index contributed by atoms with van der Waals surface area (Å²) in [6, 6.07) is 0. The van der Waals surface area contributed by atoms with Crippen LogP contribution in [0.1, 0.15) is 46.0 Å². The van der Waals surface area contributed by atoms with Gasteiger partial charge in [0.05, 0.1) is 0 Å². The predicted octanol–water partition coefficient (Wildman–Crippen LogP) is 3.47. The van der Waals surface area contributed by atoms with Crippen LogP contribution >= 0.6 is 9.24 Å². The van der Waals surface area contributed by atoms with E-state index >= 15 is 0 Å². The zero-order valence-corrected chi connectivity index (χ0v) is 8.55. The van der Waals surface area contributed by atoms with Gasteiger partial charge in [0.2, 0.25) is 0 Å². The first-order chi connectivity index (χ1) is 4.85. The molecule has 0 amide bonds. The molecular weight excluding hydrogens is 139 g/mol. The largest absolute Gasteiger partial charge is 0.137 e. The summed E-state index contributed by atoms with van der Waals surface area (Å²) in [4.78, 5) is 0. The molecule has 0 aliphatic carbocycles. The van der Waals surface area contributed by atoms with Gasteiger partial charge in [0.25, 0.3) is 0 Å². The topological polar surface area (TPSA) is 0 Å². The maximum Gasteiger partial charge on any atom is -0.0353 e. The Hall–Kier alpha value is 0.430. The molecule has 2 atom stereocenters. The SMILES string of the molecule is CCCCC(CP)CCC. The normalized spacial score (nSPS) is 13.5. The molecule has 2 unspecified atom stereocenters. The van der Waals surface area contributed by atoms with Crippen LogP contribution in [0.15, 0.2) is 0 Å². The second-order valence-electron chi connectivity index (χ2n) is 3.03. The molecule has 0 aliphatic heterocycles. The van der Waals surface area contributed by atoms with Crippen LogP contribution in [0.2, 0.25) is 0 Å². The van der Waals surface area contributed by atoms with Crippen molar-refractivity contribution in [2.45, 2.75) is 46.0 Å². The summed E-state index contributed by atoms with van der Waals surface area (Å²) in [6.45, 7) is 4.55. The molecule has 0 aromatic carbocycles. The van der Waals surface area contributed by atoms with Gasteiger partial charge in [0.1, 0.15) is 0 Å². The van der Waals surface area contributed by atoms with Crippen molar-refractivity contribution < 1.29 is 0 Å². The summed E-state index contributed by atoms with van der Waals surface area (Å²) < 4.78 is 0. The standard InChI is InChI=1S/C9H21P/c1-3-5-7-9(8-10)6-4-2/h9H,3-8,10H2,1-2H3. The third kappa shape index (κ3) is 5.23. The molecule has 0 bridgehead atoms. The van der Waals surface area contributed by atoms with E-state index in [1.54, 1.807) is 0 Å². The zero-order chi connectivity index (χ0) is 7.82. The highest BCUT2D eigenvalue weighted by Crippen LogP contribution is 2.16. The first-order valence-electron chi connectivity index (χ1n) is 4.55. The van der Waals surface area contributed by atoms with Gasteiger partial charge in [0, 0.05) is 0 Å². The van der Waals surface area contributed by atoms with E-state index in [9.17, 15) is 0 Å². The van der Waals surface area contributed by atoms with Crippen LogP contribution in [0.5, 0.6) is 0 Å². The van der Waals surface area contributed by atoms with E-state index in [4.69, 9.17) is 0 Å². The van der Waals surface area contributed by atoms with E-state index in [0.717, 1.165) is 5.92 Å². The third-order valence-corrected chi connectivity index (χ3v) is 2.66. The first-order valence-corrected chi connectivity index (χ1v) is 5.36. The smallest absolute Gasteiger partial charge is 0.0353 e. The summed E-state index contributed by atoms with van der Waals surface area (Å²) in [5.74, 6) is 0.981. The van der Waals surface area contributed by atoms with Crippen molar-refractivity contribution in [1.82, 2.24) is 0 Å². The fourth-order valence-electron chi connectivity index (χ4n) is 1.28. The summed E-state index contributed by atoms with van der Waals surface area (Å²) in [6.07, 6.45) is 8.28. The Bertz CT molecular complexity index is 61.7. The summed E-state index contributed by atoms with van der Waals surface area (Å²) in [7, 11) is 2.86. The molecule has 0 aliphatic rings. The van der Waals surface area contributed by atoms with Crippen molar-refractivity contribution in [2.75, 3.05) is 6.16 Å². The van der Waals surface area contributed by atoms with Crippen LogP contribution < -0.4 is 0 Å². The maximum absolute atomic E-state index is 2.86. The second-order valence-corrected chi connectivity index (χ2v) is 3.50. The van der Waals surface area contributed by atoms with Gasteiger partial charge in [-0.3, -0.25) is 0 Å². The Labute approximate surface area is 68.0 Å². The van der Waals surface area contributed by atoms with Gasteiger partial charge in [-0.15, -0.1) is 9.24 Å². The molecule has 1 heteroatoms. The number of hydrogen-bond donors (Lipinski definition) is 0. The predicted molar refractivity (Wildman–Crippen MR) is 52.5 cm³/mol. The quantitative estimate of drug-likeness (QED) is 0.522. The van der Waals surface area contributed by atoms with Crippen molar-refractivity contribution in [3.8, 4) is 0 Å². The summed E-state index contributed by atoms with van der Waals surface area (Å²) in [5, 5.41) is 0. The monoisotopic (exact) mass is 160 g/mol. The molecule has 0 saturated carbocycles. The van der Waals surface area contributed by atoms with Gasteiger partial charge in [-0.1, -0.05) is 46.0 Å². The Morgan fingerprint density at radius 2 is 1.80 bits per heavy atom. The van der Waals surface area contributed by atoms with Gasteiger partial charge in [0.15, 0.2) is 0 Å². The Balaban J connectivity index is 3.21. The van der Waals surface area contributed by atoms with Crippen molar-refractivity contribution in [3.63, 3.8) is 0 Å². The van der Waals surface area contributed by atoms with Gasteiger partial charge < -0.3 is 0 Å². The van der Waals surface area contributed by atoms with Gasteiger partial charge in [-0.25, -0.2) is 0 Å². The minimum atomic E-state index is 0.981. The van der Waals surface area contributed by atoms with Crippen LogP contribution in [0.4, 0.5) is 0 Å². The van der Waals surface area contributed by atoms with Crippen LogP contribution in [0.3, 0.4) is 0 Å². The Morgan fingerprint density at radius 3 is 2.20 bits per heavy atom. The van der Waals surface area contributed by atoms with Crippen LogP contribution in [-0.2, 0) is 0 Å². The van der Waals surface area contributed by atoms with Crippen LogP contribution in [0, 0.1) is 5.92 Å². The molecule has 0 heterocycles. The lowest BCUT2D eigenvalue weighted by molar-refractivity contribution is 0.474. The van der Waals surface area contributed by atoms with Crippen LogP contribution in [-0.4, -0.2) is 6.16 Å². The van der Waals surface area contributed by atoms with Gasteiger partial charge >= 0.3 is 0 Å². The van der Waals surface area contributed by atoms with Crippen molar-refractivity contribution in [3.05, 3.63) is 0 Å². The fourth-order valence-corrected chi connectivity index (χ4v) is 1.75. The highest BCUT2D eigenvalue weighted by molar-refractivity contribution is 7.16. The molecule has 0 radical (unpaired) electrons. The van der Waals surface area contributed by atoms with Gasteiger partial charge in [-0.05, 0) is 12.1 Å². The average molecular weight is 160 g/mol. The molecule has 0 rings (SSSR count). The van der Waals surface area contributed by atoms with Crippen molar-refractivity contribution in [2.24, 2.45) is 5.92 Å². The van der Waals surface area contributed by atoms with E-state index in [1.165, 1.54) is 38.3 Å². The van der Waals surface area contributed by atoms with Crippen LogP contribution in [0.25, 0.3) is 0 Å². The molecule has 0 fully saturated rings. The molecule has 0 aromatic heterocycles. The Morgan fingerprint density at radius 1 is 1.10 bits per heavy atom. The maximum atomic E-state index is 2.86. The van der Waals surface area contributed by atoms with E-state index < -0.39 is 0 Å². The highest BCUT2D eigenvalue weighted by Gasteiger charge is 2.02. The number of unbranched alkanes of at least 4 members (excludes halogenated alkanes) is 1. The molecule has 0 N–H and O–H groups in total. The van der Waals surface area contributed by atoms with E-state index in [1.807, 2.05) is 0 Å². The van der Waals surface area contributed by atoms with Crippen molar-refractivity contribution >= 4 is 9.24 Å². The van der Waals surface area contributed by atoms with E-state index in [0.29, 0.717) is 0 Å². The minimum Gasteiger partial charge on any atom is -0.137 e. The molecular formula is C9H21P. The highest BCUT2D eigenvalue weighted by atomic mass is 31.0. The zero-order valence-electron chi connectivity index (χ0n) is 7.40. The molecule has 0 saturated heterocycles. The number of rotatable bonds is 6. The molecule has 0 spiro atoms. The lowest BCUT2D eigenvalue weighted by Gasteiger charge is -2.11. The van der Waals surface area contributed by atoms with E-state index in [-0.39, 0.29) is 0 Å². The molecule has 10 heavy (non-hydrogen) atoms. The second kappa shape index (κ2) is 7.54. The molecule has 0 aromatic rings. The Kier molecular flexibility index (Phi) is 7.86. The average Bonchev–Trinajstić information content (AvgIpc) is 1.98. The summed E-state index contributed by atoms with van der Waals surface area (Å²) in [5.41, 5.74) is 0. The first kappa shape index (κ1) is 10.4. The fraction of sp³-hybridized carbons (Fsp3) is 1.00. The van der Waals surface area contributed by atoms with Gasteiger partial charge in [-0.2, -0.15) is 0 Å². The summed E-state index contributed by atoms with van der Waals surface area (Å²) >= 11 is 0. The van der Waals surface area contributed by atoms with E-state index in [2.05, 4.69) is 23.1 Å². The van der Waals surface area contributed by atoms with Crippen molar-refractivity contribution in [1.29, 1.82) is 0 Å². The molecule has 62 valence electrons.